The summed E-state index contributed by atoms with van der Waals surface area (Å²) < 4.78 is 61.7. The molecule has 1 aliphatic heterocycles. The van der Waals surface area contributed by atoms with E-state index in [1.807, 2.05) is 4.90 Å². The van der Waals surface area contributed by atoms with Gasteiger partial charge in [0.05, 0.1) is 0 Å². The van der Waals surface area contributed by atoms with Gasteiger partial charge in [0.1, 0.15) is 0 Å². The third-order valence-corrected chi connectivity index (χ3v) is 2.93. The molecule has 1 amide bonds. The summed E-state index contributed by atoms with van der Waals surface area (Å²) in [6, 6.07) is 0. The van der Waals surface area contributed by atoms with Gasteiger partial charge in [-0.05, 0) is 0 Å². The van der Waals surface area contributed by atoms with Gasteiger partial charge in [-0.1, -0.05) is 0 Å². The minimum Gasteiger partial charge on any atom is -0.339 e. The summed E-state index contributed by atoms with van der Waals surface area (Å²) in [5, 5.41) is 3.08. The number of nitrogens with zero attached hydrogens (tertiary/aromatic N) is 2. The van der Waals surface area contributed by atoms with E-state index in [0.29, 0.717) is 18.0 Å². The van der Waals surface area contributed by atoms with E-state index in [1.54, 1.807) is 0 Å². The zero-order valence-electron chi connectivity index (χ0n) is 10.4. The zero-order chi connectivity index (χ0) is 14.7. The lowest BCUT2D eigenvalue weighted by molar-refractivity contribution is -0.274. The molecule has 1 saturated heterocycles. The molecule has 112 valence electrons. The van der Waals surface area contributed by atoms with Gasteiger partial charge in [0, 0.05) is 46.3 Å². The van der Waals surface area contributed by atoms with E-state index >= 15 is 0 Å². The summed E-state index contributed by atoms with van der Waals surface area (Å²) in [5.74, 6) is -7.54. The molecule has 1 heterocycles. The molecular formula is C10H16F5N3O. The Hall–Kier alpha value is -0.960. The number of rotatable bonds is 4. The highest BCUT2D eigenvalue weighted by atomic mass is 19.4. The Bertz CT molecular complexity index is 315. The van der Waals surface area contributed by atoms with Crippen LogP contribution in [0.2, 0.25) is 0 Å². The van der Waals surface area contributed by atoms with Crippen LogP contribution in [0.4, 0.5) is 22.0 Å². The number of halogens is 5. The molecule has 1 fully saturated rings. The van der Waals surface area contributed by atoms with Gasteiger partial charge in [0.15, 0.2) is 0 Å². The number of carbonyl (C=O) groups is 1. The van der Waals surface area contributed by atoms with E-state index in [0.717, 1.165) is 20.1 Å². The van der Waals surface area contributed by atoms with Crippen LogP contribution in [0.1, 0.15) is 0 Å². The minimum absolute atomic E-state index is 0.162. The van der Waals surface area contributed by atoms with Crippen molar-refractivity contribution in [3.63, 3.8) is 0 Å². The van der Waals surface area contributed by atoms with Crippen molar-refractivity contribution in [2.45, 2.75) is 12.1 Å². The average Bonchev–Trinajstić information content (AvgIpc) is 2.34. The molecule has 0 spiro atoms. The third kappa shape index (κ3) is 4.00. The van der Waals surface area contributed by atoms with E-state index in [4.69, 9.17) is 0 Å². The smallest absolute Gasteiger partial charge is 0.339 e. The summed E-state index contributed by atoms with van der Waals surface area (Å²) in [6.07, 6.45) is -5.85. The molecule has 4 nitrogen and oxygen atoms in total. The summed E-state index contributed by atoms with van der Waals surface area (Å²) in [5.41, 5.74) is 0. The molecule has 0 aromatic rings. The molecule has 0 aromatic carbocycles. The zero-order valence-corrected chi connectivity index (χ0v) is 10.4. The highest BCUT2D eigenvalue weighted by Gasteiger charge is 2.64. The standard InChI is InChI=1S/C10H16F5N3O/c1-17(6-7-18-4-2-16-3-5-18)8(19)9(11,12)10(13,14)15/h16H,2-7H2,1H3. The number of carbonyl (C=O) groups excluding carboxylic acids is 1. The fourth-order valence-corrected chi connectivity index (χ4v) is 1.69. The van der Waals surface area contributed by atoms with Gasteiger partial charge in [-0.3, -0.25) is 9.69 Å². The van der Waals surface area contributed by atoms with Crippen molar-refractivity contribution in [3.05, 3.63) is 0 Å². The number of alkyl halides is 5. The van der Waals surface area contributed by atoms with Gasteiger partial charge < -0.3 is 10.2 Å². The molecule has 0 aromatic heterocycles. The van der Waals surface area contributed by atoms with Crippen LogP contribution < -0.4 is 5.32 Å². The first kappa shape index (κ1) is 16.1. The lowest BCUT2D eigenvalue weighted by Crippen LogP contribution is -2.53. The Labute approximate surface area is 107 Å². The molecule has 9 heteroatoms. The van der Waals surface area contributed by atoms with Gasteiger partial charge in [-0.2, -0.15) is 22.0 Å². The SMILES string of the molecule is CN(CCN1CCNCC1)C(=O)C(F)(F)C(F)(F)F. The van der Waals surface area contributed by atoms with Crippen molar-refractivity contribution in [1.82, 2.24) is 15.1 Å². The lowest BCUT2D eigenvalue weighted by atomic mass is 10.2. The van der Waals surface area contributed by atoms with E-state index in [-0.39, 0.29) is 13.1 Å². The Balaban J connectivity index is 2.48. The fourth-order valence-electron chi connectivity index (χ4n) is 1.69. The largest absolute Gasteiger partial charge is 0.463 e. The number of hydrogen-bond acceptors (Lipinski definition) is 3. The van der Waals surface area contributed by atoms with Crippen molar-refractivity contribution in [1.29, 1.82) is 0 Å². The predicted octanol–water partition coefficient (Wildman–Crippen LogP) is 0.548. The van der Waals surface area contributed by atoms with Crippen molar-refractivity contribution >= 4 is 5.91 Å². The normalized spacial score (nSPS) is 18.4. The number of nitrogens with one attached hydrogen (secondary N) is 1. The lowest BCUT2D eigenvalue weighted by Gasteiger charge is -2.30. The molecule has 0 bridgehead atoms. The second kappa shape index (κ2) is 6.00. The maximum Gasteiger partial charge on any atom is 0.463 e. The van der Waals surface area contributed by atoms with Crippen molar-refractivity contribution < 1.29 is 26.7 Å². The third-order valence-electron chi connectivity index (χ3n) is 2.93. The van der Waals surface area contributed by atoms with E-state index in [9.17, 15) is 26.7 Å². The molecule has 0 aliphatic carbocycles. The van der Waals surface area contributed by atoms with Crippen LogP contribution >= 0.6 is 0 Å². The van der Waals surface area contributed by atoms with Gasteiger partial charge in [-0.25, -0.2) is 0 Å². The molecular weight excluding hydrogens is 273 g/mol. The van der Waals surface area contributed by atoms with E-state index in [2.05, 4.69) is 5.32 Å². The Morgan fingerprint density at radius 3 is 2.21 bits per heavy atom. The number of amides is 1. The van der Waals surface area contributed by atoms with Crippen LogP contribution in [-0.2, 0) is 4.79 Å². The fraction of sp³-hybridized carbons (Fsp3) is 0.900. The first-order valence-corrected chi connectivity index (χ1v) is 5.79. The van der Waals surface area contributed by atoms with Gasteiger partial charge in [-0.15, -0.1) is 0 Å². The Kier molecular flexibility index (Phi) is 5.08. The van der Waals surface area contributed by atoms with Crippen LogP contribution in [0, 0.1) is 0 Å². The maximum atomic E-state index is 12.8. The molecule has 0 saturated carbocycles. The number of piperazine rings is 1. The molecule has 1 aliphatic rings. The quantitative estimate of drug-likeness (QED) is 0.768. The summed E-state index contributed by atoms with van der Waals surface area (Å²) >= 11 is 0. The van der Waals surface area contributed by atoms with Crippen molar-refractivity contribution in [2.24, 2.45) is 0 Å². The van der Waals surface area contributed by atoms with Crippen LogP contribution in [0.3, 0.4) is 0 Å². The van der Waals surface area contributed by atoms with Crippen molar-refractivity contribution in [3.8, 4) is 0 Å². The highest BCUT2D eigenvalue weighted by molar-refractivity contribution is 5.84. The van der Waals surface area contributed by atoms with Gasteiger partial charge >= 0.3 is 18.0 Å². The number of likely N-dealkylation sites (N-methyl/N-ethyl adjacent to an activating group) is 1. The van der Waals surface area contributed by atoms with Crippen LogP contribution in [-0.4, -0.2) is 74.1 Å². The summed E-state index contributed by atoms with van der Waals surface area (Å²) in [7, 11) is 0.949. The Morgan fingerprint density at radius 2 is 1.74 bits per heavy atom. The monoisotopic (exact) mass is 289 g/mol. The predicted molar refractivity (Wildman–Crippen MR) is 57.9 cm³/mol. The molecule has 0 radical (unpaired) electrons. The second-order valence-electron chi connectivity index (χ2n) is 4.39. The van der Waals surface area contributed by atoms with Gasteiger partial charge in [0.2, 0.25) is 0 Å². The highest BCUT2D eigenvalue weighted by Crippen LogP contribution is 2.36. The van der Waals surface area contributed by atoms with Crippen molar-refractivity contribution in [2.75, 3.05) is 46.3 Å². The first-order valence-electron chi connectivity index (χ1n) is 5.79. The molecule has 0 unspecified atom stereocenters. The molecule has 0 atom stereocenters. The first-order chi connectivity index (χ1) is 8.66. The minimum atomic E-state index is -5.85. The van der Waals surface area contributed by atoms with Crippen LogP contribution in [0.25, 0.3) is 0 Å². The summed E-state index contributed by atoms with van der Waals surface area (Å²) in [4.78, 5) is 13.4. The maximum absolute atomic E-state index is 12.8. The second-order valence-corrected chi connectivity index (χ2v) is 4.39. The Morgan fingerprint density at radius 1 is 1.21 bits per heavy atom. The average molecular weight is 289 g/mol. The summed E-state index contributed by atoms with van der Waals surface area (Å²) in [6.45, 7) is 2.94. The van der Waals surface area contributed by atoms with E-state index in [1.165, 1.54) is 0 Å². The number of hydrogen-bond donors (Lipinski definition) is 1. The topological polar surface area (TPSA) is 35.6 Å². The van der Waals surface area contributed by atoms with E-state index < -0.39 is 18.0 Å². The molecule has 1 rings (SSSR count). The molecule has 19 heavy (non-hydrogen) atoms. The van der Waals surface area contributed by atoms with Gasteiger partial charge in [0.25, 0.3) is 0 Å². The van der Waals surface area contributed by atoms with Crippen LogP contribution in [0.5, 0.6) is 0 Å². The molecule has 1 N–H and O–H groups in total. The van der Waals surface area contributed by atoms with Crippen LogP contribution in [0.15, 0.2) is 0 Å².